The third-order valence-electron chi connectivity index (χ3n) is 4.07. The van der Waals surface area contributed by atoms with E-state index < -0.39 is 0 Å². The molecule has 0 aliphatic heterocycles. The largest absolute Gasteiger partial charge is 0.300 e. The van der Waals surface area contributed by atoms with Crippen LogP contribution in [0, 0.1) is 0 Å². The molecular weight excluding hydrogens is 256 g/mol. The number of hydrogen-bond acceptors (Lipinski definition) is 1. The maximum atomic E-state index is 11.8. The van der Waals surface area contributed by atoms with Gasteiger partial charge in [0.2, 0.25) is 0 Å². The zero-order valence-electron chi connectivity index (χ0n) is 13.8. The van der Waals surface area contributed by atoms with E-state index in [2.05, 4.69) is 37.3 Å². The zero-order valence-corrected chi connectivity index (χ0v) is 13.8. The average Bonchev–Trinajstić information content (AvgIpc) is 2.52. The molecule has 0 N–H and O–H groups in total. The fourth-order valence-corrected chi connectivity index (χ4v) is 2.70. The number of Topliss-reactive ketones (excluding diaryl/α,β-unsaturated/α-hetero) is 1. The monoisotopic (exact) mass is 288 g/mol. The van der Waals surface area contributed by atoms with Gasteiger partial charge in [-0.15, -0.1) is 0 Å². The second kappa shape index (κ2) is 12.6. The molecule has 0 saturated carbocycles. The van der Waals surface area contributed by atoms with Gasteiger partial charge in [0.25, 0.3) is 0 Å². The molecule has 0 aliphatic carbocycles. The maximum absolute atomic E-state index is 11.8. The van der Waals surface area contributed by atoms with Crippen molar-refractivity contribution in [3.05, 3.63) is 35.9 Å². The SMILES string of the molecule is CCCCCCCCCC(=O)CCCCc1ccccc1. The molecule has 1 heteroatoms. The number of rotatable bonds is 13. The van der Waals surface area contributed by atoms with E-state index in [1.807, 2.05) is 0 Å². The lowest BCUT2D eigenvalue weighted by Crippen LogP contribution is -1.98. The van der Waals surface area contributed by atoms with E-state index in [1.54, 1.807) is 0 Å². The van der Waals surface area contributed by atoms with Crippen LogP contribution in [0.2, 0.25) is 0 Å². The van der Waals surface area contributed by atoms with Gasteiger partial charge in [-0.05, 0) is 31.2 Å². The predicted molar refractivity (Wildman–Crippen MR) is 91.6 cm³/mol. The van der Waals surface area contributed by atoms with Crippen molar-refractivity contribution in [3.63, 3.8) is 0 Å². The molecule has 0 bridgehead atoms. The fourth-order valence-electron chi connectivity index (χ4n) is 2.70. The number of carbonyl (C=O) groups is 1. The van der Waals surface area contributed by atoms with E-state index in [0.717, 1.165) is 38.5 Å². The number of hydrogen-bond donors (Lipinski definition) is 0. The van der Waals surface area contributed by atoms with Crippen molar-refractivity contribution < 1.29 is 4.79 Å². The topological polar surface area (TPSA) is 17.1 Å². The Hall–Kier alpha value is -1.11. The highest BCUT2D eigenvalue weighted by molar-refractivity contribution is 5.78. The minimum Gasteiger partial charge on any atom is -0.300 e. The molecule has 0 spiro atoms. The summed E-state index contributed by atoms with van der Waals surface area (Å²) in [5.41, 5.74) is 1.39. The first-order chi connectivity index (χ1) is 10.3. The predicted octanol–water partition coefficient (Wildman–Crippen LogP) is 6.11. The Morgan fingerprint density at radius 3 is 2.00 bits per heavy atom. The Bertz CT molecular complexity index is 355. The van der Waals surface area contributed by atoms with Gasteiger partial charge >= 0.3 is 0 Å². The highest BCUT2D eigenvalue weighted by Gasteiger charge is 2.02. The molecule has 0 aromatic heterocycles. The van der Waals surface area contributed by atoms with E-state index in [9.17, 15) is 4.79 Å². The van der Waals surface area contributed by atoms with Crippen LogP contribution in [0.1, 0.15) is 83.1 Å². The van der Waals surface area contributed by atoms with Crippen LogP contribution < -0.4 is 0 Å². The summed E-state index contributed by atoms with van der Waals surface area (Å²) in [6, 6.07) is 10.6. The molecule has 1 rings (SSSR count). The molecule has 0 amide bonds. The molecule has 0 saturated heterocycles. The molecule has 0 unspecified atom stereocenters. The first-order valence-corrected chi connectivity index (χ1v) is 8.88. The van der Waals surface area contributed by atoms with Gasteiger partial charge in [0.15, 0.2) is 0 Å². The van der Waals surface area contributed by atoms with Gasteiger partial charge in [-0.3, -0.25) is 4.79 Å². The van der Waals surface area contributed by atoms with Gasteiger partial charge in [0.1, 0.15) is 5.78 Å². The smallest absolute Gasteiger partial charge is 0.132 e. The van der Waals surface area contributed by atoms with Crippen molar-refractivity contribution in [2.75, 3.05) is 0 Å². The van der Waals surface area contributed by atoms with Crippen molar-refractivity contribution in [2.24, 2.45) is 0 Å². The minimum atomic E-state index is 0.469. The third kappa shape index (κ3) is 10.3. The number of carbonyl (C=O) groups excluding carboxylic acids is 1. The Morgan fingerprint density at radius 1 is 0.762 bits per heavy atom. The molecule has 1 aromatic rings. The van der Waals surface area contributed by atoms with Crippen LogP contribution in [0.15, 0.2) is 30.3 Å². The first kappa shape index (κ1) is 17.9. The molecular formula is C20H32O. The van der Waals surface area contributed by atoms with Crippen LogP contribution in [-0.4, -0.2) is 5.78 Å². The molecule has 118 valence electrons. The van der Waals surface area contributed by atoms with Gasteiger partial charge in [-0.25, -0.2) is 0 Å². The van der Waals surface area contributed by atoms with Crippen LogP contribution in [-0.2, 0) is 11.2 Å². The summed E-state index contributed by atoms with van der Waals surface area (Å²) in [6.07, 6.45) is 13.9. The fraction of sp³-hybridized carbons (Fsp3) is 0.650. The second-order valence-corrected chi connectivity index (χ2v) is 6.10. The van der Waals surface area contributed by atoms with E-state index in [4.69, 9.17) is 0 Å². The van der Waals surface area contributed by atoms with Crippen molar-refractivity contribution in [2.45, 2.75) is 84.0 Å². The van der Waals surface area contributed by atoms with E-state index in [0.29, 0.717) is 5.78 Å². The number of unbranched alkanes of at least 4 members (excludes halogenated alkanes) is 7. The molecule has 0 radical (unpaired) electrons. The van der Waals surface area contributed by atoms with Gasteiger partial charge < -0.3 is 0 Å². The number of ketones is 1. The molecule has 21 heavy (non-hydrogen) atoms. The third-order valence-corrected chi connectivity index (χ3v) is 4.07. The highest BCUT2D eigenvalue weighted by atomic mass is 16.1. The van der Waals surface area contributed by atoms with Crippen molar-refractivity contribution >= 4 is 5.78 Å². The van der Waals surface area contributed by atoms with E-state index in [1.165, 1.54) is 44.1 Å². The van der Waals surface area contributed by atoms with Crippen LogP contribution >= 0.6 is 0 Å². The summed E-state index contributed by atoms with van der Waals surface area (Å²) in [5, 5.41) is 0. The van der Waals surface area contributed by atoms with Crippen molar-refractivity contribution in [3.8, 4) is 0 Å². The molecule has 0 aliphatic rings. The second-order valence-electron chi connectivity index (χ2n) is 6.10. The summed E-state index contributed by atoms with van der Waals surface area (Å²) < 4.78 is 0. The highest BCUT2D eigenvalue weighted by Crippen LogP contribution is 2.11. The summed E-state index contributed by atoms with van der Waals surface area (Å²) in [7, 11) is 0. The lowest BCUT2D eigenvalue weighted by molar-refractivity contribution is -0.119. The van der Waals surface area contributed by atoms with Crippen LogP contribution in [0.25, 0.3) is 0 Å². The summed E-state index contributed by atoms with van der Waals surface area (Å²) in [5.74, 6) is 0.469. The maximum Gasteiger partial charge on any atom is 0.132 e. The zero-order chi connectivity index (χ0) is 15.2. The standard InChI is InChI=1S/C20H32O/c1-2-3-4-5-6-7-11-17-20(21)18-13-12-16-19-14-9-8-10-15-19/h8-10,14-15H,2-7,11-13,16-18H2,1H3. The lowest BCUT2D eigenvalue weighted by Gasteiger charge is -2.03. The number of aryl methyl sites for hydroxylation is 1. The summed E-state index contributed by atoms with van der Waals surface area (Å²) >= 11 is 0. The molecule has 0 fully saturated rings. The first-order valence-electron chi connectivity index (χ1n) is 8.88. The molecule has 1 nitrogen and oxygen atoms in total. The minimum absolute atomic E-state index is 0.469. The normalized spacial score (nSPS) is 10.7. The van der Waals surface area contributed by atoms with E-state index >= 15 is 0 Å². The van der Waals surface area contributed by atoms with Crippen LogP contribution in [0.5, 0.6) is 0 Å². The molecule has 0 heterocycles. The van der Waals surface area contributed by atoms with Gasteiger partial charge in [-0.2, -0.15) is 0 Å². The quantitative estimate of drug-likeness (QED) is 0.400. The Balaban J connectivity index is 1.90. The van der Waals surface area contributed by atoms with Gasteiger partial charge in [-0.1, -0.05) is 75.8 Å². The molecule has 0 atom stereocenters. The summed E-state index contributed by atoms with van der Waals surface area (Å²) in [6.45, 7) is 2.25. The summed E-state index contributed by atoms with van der Waals surface area (Å²) in [4.78, 5) is 11.8. The number of benzene rings is 1. The van der Waals surface area contributed by atoms with Gasteiger partial charge in [0, 0.05) is 12.8 Å². The Morgan fingerprint density at radius 2 is 1.33 bits per heavy atom. The van der Waals surface area contributed by atoms with Gasteiger partial charge in [0.05, 0.1) is 0 Å². The Kier molecular flexibility index (Phi) is 10.8. The molecule has 1 aromatic carbocycles. The van der Waals surface area contributed by atoms with Crippen molar-refractivity contribution in [1.29, 1.82) is 0 Å². The average molecular weight is 288 g/mol. The lowest BCUT2D eigenvalue weighted by atomic mass is 10.0. The van der Waals surface area contributed by atoms with E-state index in [-0.39, 0.29) is 0 Å². The van der Waals surface area contributed by atoms with Crippen molar-refractivity contribution in [1.82, 2.24) is 0 Å². The van der Waals surface area contributed by atoms with Crippen LogP contribution in [0.3, 0.4) is 0 Å². The Labute approximate surface area is 131 Å². The van der Waals surface area contributed by atoms with Crippen LogP contribution in [0.4, 0.5) is 0 Å².